The zero-order valence-corrected chi connectivity index (χ0v) is 11.3. The number of hydrogen-bond acceptors (Lipinski definition) is 4. The Labute approximate surface area is 113 Å². The minimum Gasteiger partial charge on any atom is -0.481 e. The van der Waals surface area contributed by atoms with Gasteiger partial charge in [0.05, 0.1) is 5.92 Å². The molecule has 0 bridgehead atoms. The van der Waals surface area contributed by atoms with Gasteiger partial charge in [-0.2, -0.15) is 0 Å². The molecule has 1 aliphatic rings. The van der Waals surface area contributed by atoms with E-state index in [0.717, 1.165) is 0 Å². The number of carboxylic acid groups (broad SMARTS) is 1. The van der Waals surface area contributed by atoms with Crippen LogP contribution in [-0.2, 0) is 4.79 Å². The average Bonchev–Trinajstić information content (AvgIpc) is 2.46. The van der Waals surface area contributed by atoms with Gasteiger partial charge >= 0.3 is 5.97 Å². The van der Waals surface area contributed by atoms with Gasteiger partial charge in [0.25, 0.3) is 0 Å². The molecule has 0 spiro atoms. The summed E-state index contributed by atoms with van der Waals surface area (Å²) in [5, 5.41) is 11.7. The van der Waals surface area contributed by atoms with Crippen LogP contribution in [0.1, 0.15) is 50.5 Å². The first kappa shape index (κ1) is 13.8. The summed E-state index contributed by atoms with van der Waals surface area (Å²) >= 11 is 0. The summed E-state index contributed by atoms with van der Waals surface area (Å²) in [5.41, 5.74) is 1.21. The molecule has 0 radical (unpaired) electrons. The lowest BCUT2D eigenvalue weighted by atomic mass is 9.85. The highest BCUT2D eigenvalue weighted by Crippen LogP contribution is 2.31. The molecule has 5 nitrogen and oxygen atoms in total. The van der Waals surface area contributed by atoms with Crippen molar-refractivity contribution in [2.24, 2.45) is 5.92 Å². The van der Waals surface area contributed by atoms with Gasteiger partial charge in [0.15, 0.2) is 0 Å². The molecule has 0 saturated heterocycles. The normalized spacial score (nSPS) is 17.9. The molecule has 5 heteroatoms. The van der Waals surface area contributed by atoms with Crippen molar-refractivity contribution in [3.63, 3.8) is 0 Å². The molecule has 19 heavy (non-hydrogen) atoms. The molecule has 0 aliphatic heterocycles. The SMILES string of the molecule is CC(CNc1ncc(C2CCCCC2)cn1)C(=O)O. The van der Waals surface area contributed by atoms with E-state index >= 15 is 0 Å². The van der Waals surface area contributed by atoms with E-state index in [1.165, 1.54) is 37.7 Å². The molecule has 104 valence electrons. The monoisotopic (exact) mass is 263 g/mol. The fourth-order valence-corrected chi connectivity index (χ4v) is 2.41. The quantitative estimate of drug-likeness (QED) is 0.854. The Kier molecular flexibility index (Phi) is 4.71. The second-order valence-electron chi connectivity index (χ2n) is 5.30. The summed E-state index contributed by atoms with van der Waals surface area (Å²) in [6.07, 6.45) is 10.1. The highest BCUT2D eigenvalue weighted by atomic mass is 16.4. The van der Waals surface area contributed by atoms with Crippen LogP contribution in [0.2, 0.25) is 0 Å². The fourth-order valence-electron chi connectivity index (χ4n) is 2.41. The molecule has 1 atom stereocenters. The summed E-state index contributed by atoms with van der Waals surface area (Å²) in [6.45, 7) is 2.00. The highest BCUT2D eigenvalue weighted by Gasteiger charge is 2.16. The molecule has 1 aromatic rings. The van der Waals surface area contributed by atoms with Crippen molar-refractivity contribution < 1.29 is 9.90 Å². The van der Waals surface area contributed by atoms with Crippen molar-refractivity contribution in [1.82, 2.24) is 9.97 Å². The largest absolute Gasteiger partial charge is 0.481 e. The summed E-state index contributed by atoms with van der Waals surface area (Å²) in [5.74, 6) is -0.152. The third-order valence-electron chi connectivity index (χ3n) is 3.74. The lowest BCUT2D eigenvalue weighted by Crippen LogP contribution is -2.20. The number of carboxylic acids is 1. The Bertz CT molecular complexity index is 413. The van der Waals surface area contributed by atoms with E-state index in [4.69, 9.17) is 5.11 Å². The Hall–Kier alpha value is -1.65. The Balaban J connectivity index is 1.89. The van der Waals surface area contributed by atoms with Crippen molar-refractivity contribution in [2.75, 3.05) is 11.9 Å². The van der Waals surface area contributed by atoms with Crippen molar-refractivity contribution in [3.05, 3.63) is 18.0 Å². The maximum absolute atomic E-state index is 10.7. The molecule has 0 aromatic carbocycles. The van der Waals surface area contributed by atoms with Crippen molar-refractivity contribution >= 4 is 11.9 Å². The fraction of sp³-hybridized carbons (Fsp3) is 0.643. The third-order valence-corrected chi connectivity index (χ3v) is 3.74. The molecule has 1 aromatic heterocycles. The van der Waals surface area contributed by atoms with Crippen LogP contribution in [0.15, 0.2) is 12.4 Å². The third kappa shape index (κ3) is 3.91. The molecular formula is C14H21N3O2. The van der Waals surface area contributed by atoms with E-state index in [1.54, 1.807) is 6.92 Å². The number of hydrogen-bond donors (Lipinski definition) is 2. The molecule has 0 amide bonds. The van der Waals surface area contributed by atoms with Gasteiger partial charge in [0, 0.05) is 18.9 Å². The number of carbonyl (C=O) groups is 1. The number of nitrogens with one attached hydrogen (secondary N) is 1. The zero-order chi connectivity index (χ0) is 13.7. The number of nitrogens with zero attached hydrogens (tertiary/aromatic N) is 2. The lowest BCUT2D eigenvalue weighted by Gasteiger charge is -2.21. The first-order valence-electron chi connectivity index (χ1n) is 6.95. The Morgan fingerprint density at radius 2 is 2.00 bits per heavy atom. The van der Waals surface area contributed by atoms with Crippen molar-refractivity contribution in [1.29, 1.82) is 0 Å². The molecule has 2 rings (SSSR count). The van der Waals surface area contributed by atoms with Gasteiger partial charge in [-0.25, -0.2) is 9.97 Å². The van der Waals surface area contributed by atoms with E-state index in [9.17, 15) is 4.79 Å². The minimum atomic E-state index is -0.814. The molecule has 1 heterocycles. The molecule has 1 fully saturated rings. The number of rotatable bonds is 5. The first-order valence-corrected chi connectivity index (χ1v) is 6.95. The van der Waals surface area contributed by atoms with Gasteiger partial charge in [-0.1, -0.05) is 26.2 Å². The van der Waals surface area contributed by atoms with Gasteiger partial charge in [0.1, 0.15) is 0 Å². The van der Waals surface area contributed by atoms with E-state index in [1.807, 2.05) is 12.4 Å². The van der Waals surface area contributed by atoms with Crippen LogP contribution in [0.5, 0.6) is 0 Å². The standard InChI is InChI=1S/C14H21N3O2/c1-10(13(18)19)7-15-14-16-8-12(9-17-14)11-5-3-2-4-6-11/h8-11H,2-7H2,1H3,(H,18,19)(H,15,16,17). The lowest BCUT2D eigenvalue weighted by molar-refractivity contribution is -0.140. The second-order valence-corrected chi connectivity index (χ2v) is 5.30. The van der Waals surface area contributed by atoms with E-state index in [2.05, 4.69) is 15.3 Å². The predicted octanol–water partition coefficient (Wildman–Crippen LogP) is 2.66. The summed E-state index contributed by atoms with van der Waals surface area (Å²) in [7, 11) is 0. The average molecular weight is 263 g/mol. The molecule has 2 N–H and O–H groups in total. The maximum atomic E-state index is 10.7. The minimum absolute atomic E-state index is 0.345. The van der Waals surface area contributed by atoms with Crippen LogP contribution >= 0.6 is 0 Å². The Morgan fingerprint density at radius 3 is 2.58 bits per heavy atom. The van der Waals surface area contributed by atoms with Crippen LogP contribution in [0.4, 0.5) is 5.95 Å². The van der Waals surface area contributed by atoms with Crippen molar-refractivity contribution in [2.45, 2.75) is 44.9 Å². The first-order chi connectivity index (χ1) is 9.16. The van der Waals surface area contributed by atoms with Crippen molar-refractivity contribution in [3.8, 4) is 0 Å². The van der Waals surface area contributed by atoms with Crippen LogP contribution in [0.3, 0.4) is 0 Å². The molecular weight excluding hydrogens is 242 g/mol. The number of aliphatic carboxylic acids is 1. The number of anilines is 1. The van der Waals surface area contributed by atoms with Gasteiger partial charge in [-0.15, -0.1) is 0 Å². The zero-order valence-electron chi connectivity index (χ0n) is 11.3. The summed E-state index contributed by atoms with van der Waals surface area (Å²) in [6, 6.07) is 0. The van der Waals surface area contributed by atoms with Crippen LogP contribution < -0.4 is 5.32 Å². The smallest absolute Gasteiger partial charge is 0.308 e. The molecule has 1 saturated carbocycles. The Morgan fingerprint density at radius 1 is 1.37 bits per heavy atom. The van der Waals surface area contributed by atoms with Crippen LogP contribution in [-0.4, -0.2) is 27.6 Å². The topological polar surface area (TPSA) is 75.1 Å². The second kappa shape index (κ2) is 6.50. The van der Waals surface area contributed by atoms with Gasteiger partial charge in [-0.3, -0.25) is 4.79 Å². The van der Waals surface area contributed by atoms with E-state index in [0.29, 0.717) is 18.4 Å². The van der Waals surface area contributed by atoms with Gasteiger partial charge < -0.3 is 10.4 Å². The van der Waals surface area contributed by atoms with Gasteiger partial charge in [0.2, 0.25) is 5.95 Å². The summed E-state index contributed by atoms with van der Waals surface area (Å²) in [4.78, 5) is 19.2. The maximum Gasteiger partial charge on any atom is 0.308 e. The van der Waals surface area contributed by atoms with Gasteiger partial charge in [-0.05, 0) is 24.3 Å². The predicted molar refractivity (Wildman–Crippen MR) is 73.1 cm³/mol. The summed E-state index contributed by atoms with van der Waals surface area (Å²) < 4.78 is 0. The van der Waals surface area contributed by atoms with Crippen LogP contribution in [0.25, 0.3) is 0 Å². The number of aromatic nitrogens is 2. The molecule has 1 unspecified atom stereocenters. The van der Waals surface area contributed by atoms with E-state index in [-0.39, 0.29) is 0 Å². The van der Waals surface area contributed by atoms with Crippen LogP contribution in [0, 0.1) is 5.92 Å². The van der Waals surface area contributed by atoms with E-state index < -0.39 is 11.9 Å². The highest BCUT2D eigenvalue weighted by molar-refractivity contribution is 5.70. The molecule has 1 aliphatic carbocycles.